The zero-order valence-electron chi connectivity index (χ0n) is 11.0. The first-order chi connectivity index (χ1) is 9.74. The number of hydrogen-bond acceptors (Lipinski definition) is 3. The molecule has 1 aliphatic heterocycles. The predicted octanol–water partition coefficient (Wildman–Crippen LogP) is 4.20. The summed E-state index contributed by atoms with van der Waals surface area (Å²) >= 11 is 4.83. The van der Waals surface area contributed by atoms with Gasteiger partial charge >= 0.3 is 0 Å². The number of halogens is 2. The molecule has 0 bridgehead atoms. The first-order valence-corrected chi connectivity index (χ1v) is 8.51. The Morgan fingerprint density at radius 1 is 1.25 bits per heavy atom. The van der Waals surface area contributed by atoms with Crippen molar-refractivity contribution in [1.29, 1.82) is 0 Å². The van der Waals surface area contributed by atoms with E-state index in [9.17, 15) is 4.39 Å². The van der Waals surface area contributed by atoms with Crippen LogP contribution < -0.4 is 0 Å². The molecule has 0 saturated heterocycles. The van der Waals surface area contributed by atoms with E-state index in [2.05, 4.69) is 30.7 Å². The molecular formula is C14H15BrFN3S. The van der Waals surface area contributed by atoms with E-state index in [1.165, 1.54) is 25.3 Å². The predicted molar refractivity (Wildman–Crippen MR) is 81.2 cm³/mol. The third kappa shape index (κ3) is 3.06. The maximum absolute atomic E-state index is 13.8. The second-order valence-corrected chi connectivity index (χ2v) is 6.74. The van der Waals surface area contributed by atoms with E-state index in [-0.39, 0.29) is 5.82 Å². The summed E-state index contributed by atoms with van der Waals surface area (Å²) in [5.74, 6) is 1.47. The number of benzene rings is 1. The van der Waals surface area contributed by atoms with Crippen LogP contribution in [0.4, 0.5) is 4.39 Å². The highest BCUT2D eigenvalue weighted by Gasteiger charge is 2.15. The van der Waals surface area contributed by atoms with Crippen LogP contribution in [-0.4, -0.2) is 14.8 Å². The number of rotatable bonds is 3. The molecule has 0 atom stereocenters. The molecule has 106 valence electrons. The molecule has 0 amide bonds. The van der Waals surface area contributed by atoms with Crippen molar-refractivity contribution in [2.75, 3.05) is 0 Å². The van der Waals surface area contributed by atoms with Crippen molar-refractivity contribution in [2.24, 2.45) is 0 Å². The van der Waals surface area contributed by atoms with Crippen molar-refractivity contribution >= 4 is 27.7 Å². The SMILES string of the molecule is Fc1cc(Br)ccc1CSc1nnc2n1CCCCC2. The monoisotopic (exact) mass is 355 g/mol. The molecule has 3 rings (SSSR count). The van der Waals surface area contributed by atoms with Crippen molar-refractivity contribution in [3.8, 4) is 0 Å². The van der Waals surface area contributed by atoms with E-state index in [1.54, 1.807) is 11.8 Å². The first kappa shape index (κ1) is 14.1. The topological polar surface area (TPSA) is 30.7 Å². The lowest BCUT2D eigenvalue weighted by Gasteiger charge is -2.07. The number of hydrogen-bond donors (Lipinski definition) is 0. The smallest absolute Gasteiger partial charge is 0.191 e. The van der Waals surface area contributed by atoms with Gasteiger partial charge in [-0.2, -0.15) is 0 Å². The highest BCUT2D eigenvalue weighted by atomic mass is 79.9. The van der Waals surface area contributed by atoms with E-state index >= 15 is 0 Å². The van der Waals surface area contributed by atoms with Crippen molar-refractivity contribution in [1.82, 2.24) is 14.8 Å². The van der Waals surface area contributed by atoms with Crippen molar-refractivity contribution in [3.63, 3.8) is 0 Å². The standard InChI is InChI=1S/C14H15BrFN3S/c15-11-6-5-10(12(16)8-11)9-20-14-18-17-13-4-2-1-3-7-19(13)14/h5-6,8H,1-4,7,9H2. The normalized spacial score (nSPS) is 14.9. The highest BCUT2D eigenvalue weighted by Crippen LogP contribution is 2.26. The van der Waals surface area contributed by atoms with Crippen LogP contribution in [0.3, 0.4) is 0 Å². The van der Waals surface area contributed by atoms with Gasteiger partial charge in [-0.25, -0.2) is 4.39 Å². The molecule has 1 aromatic heterocycles. The Balaban J connectivity index is 1.74. The summed E-state index contributed by atoms with van der Waals surface area (Å²) in [4.78, 5) is 0. The molecule has 2 aromatic rings. The fourth-order valence-corrected chi connectivity index (χ4v) is 3.65. The van der Waals surface area contributed by atoms with Crippen molar-refractivity contribution in [3.05, 3.63) is 39.9 Å². The summed E-state index contributed by atoms with van der Waals surface area (Å²) in [6.07, 6.45) is 4.60. The molecule has 6 heteroatoms. The van der Waals surface area contributed by atoms with Crippen molar-refractivity contribution in [2.45, 2.75) is 43.1 Å². The van der Waals surface area contributed by atoms with Crippen LogP contribution in [0.2, 0.25) is 0 Å². The zero-order valence-corrected chi connectivity index (χ0v) is 13.4. The maximum atomic E-state index is 13.8. The fourth-order valence-electron chi connectivity index (χ4n) is 2.35. The molecule has 3 nitrogen and oxygen atoms in total. The Bertz CT molecular complexity index is 614. The quantitative estimate of drug-likeness (QED) is 0.773. The third-order valence-electron chi connectivity index (χ3n) is 3.45. The molecule has 1 aromatic carbocycles. The number of aryl methyl sites for hydroxylation is 1. The molecular weight excluding hydrogens is 341 g/mol. The van der Waals surface area contributed by atoms with Crippen LogP contribution in [-0.2, 0) is 18.7 Å². The average Bonchev–Trinajstić information content (AvgIpc) is 2.66. The van der Waals surface area contributed by atoms with Gasteiger partial charge in [0.1, 0.15) is 11.6 Å². The van der Waals surface area contributed by atoms with E-state index in [0.717, 1.165) is 28.4 Å². The third-order valence-corrected chi connectivity index (χ3v) is 4.96. The molecule has 20 heavy (non-hydrogen) atoms. The van der Waals surface area contributed by atoms with Gasteiger partial charge in [0, 0.05) is 23.2 Å². The minimum absolute atomic E-state index is 0.178. The number of fused-ring (bicyclic) bond motifs is 1. The van der Waals surface area contributed by atoms with Gasteiger partial charge in [-0.1, -0.05) is 40.2 Å². The summed E-state index contributed by atoms with van der Waals surface area (Å²) in [6, 6.07) is 5.18. The van der Waals surface area contributed by atoms with Gasteiger partial charge in [0.2, 0.25) is 0 Å². The van der Waals surface area contributed by atoms with Gasteiger partial charge in [-0.05, 0) is 30.5 Å². The van der Waals surface area contributed by atoms with Gasteiger partial charge in [0.15, 0.2) is 5.16 Å². The maximum Gasteiger partial charge on any atom is 0.191 e. The number of nitrogens with zero attached hydrogens (tertiary/aromatic N) is 3. The summed E-state index contributed by atoms with van der Waals surface area (Å²) in [7, 11) is 0. The first-order valence-electron chi connectivity index (χ1n) is 6.73. The van der Waals surface area contributed by atoms with Gasteiger partial charge in [-0.15, -0.1) is 10.2 Å². The summed E-state index contributed by atoms with van der Waals surface area (Å²) < 4.78 is 16.7. The van der Waals surface area contributed by atoms with Crippen LogP contribution in [0.15, 0.2) is 27.8 Å². The second kappa shape index (κ2) is 6.26. The van der Waals surface area contributed by atoms with Gasteiger partial charge in [0.25, 0.3) is 0 Å². The van der Waals surface area contributed by atoms with Crippen LogP contribution in [0, 0.1) is 5.82 Å². The zero-order chi connectivity index (χ0) is 13.9. The molecule has 0 aliphatic carbocycles. The van der Waals surface area contributed by atoms with Crippen LogP contribution in [0.5, 0.6) is 0 Å². The van der Waals surface area contributed by atoms with Crippen LogP contribution in [0.25, 0.3) is 0 Å². The molecule has 0 N–H and O–H groups in total. The van der Waals surface area contributed by atoms with Crippen LogP contribution >= 0.6 is 27.7 Å². The molecule has 1 aliphatic rings. The Morgan fingerprint density at radius 2 is 2.15 bits per heavy atom. The lowest BCUT2D eigenvalue weighted by atomic mass is 10.2. The van der Waals surface area contributed by atoms with Gasteiger partial charge < -0.3 is 4.57 Å². The van der Waals surface area contributed by atoms with E-state index in [4.69, 9.17) is 0 Å². The molecule has 0 saturated carbocycles. The lowest BCUT2D eigenvalue weighted by Crippen LogP contribution is -2.02. The molecule has 0 spiro atoms. The largest absolute Gasteiger partial charge is 0.306 e. The Hall–Kier alpha value is -0.880. The molecule has 0 radical (unpaired) electrons. The Labute approximate surface area is 130 Å². The Kier molecular flexibility index (Phi) is 4.41. The minimum Gasteiger partial charge on any atom is -0.306 e. The van der Waals surface area contributed by atoms with Gasteiger partial charge in [0.05, 0.1) is 0 Å². The highest BCUT2D eigenvalue weighted by molar-refractivity contribution is 9.10. The van der Waals surface area contributed by atoms with Crippen LogP contribution in [0.1, 0.15) is 30.7 Å². The van der Waals surface area contributed by atoms with Gasteiger partial charge in [-0.3, -0.25) is 0 Å². The van der Waals surface area contributed by atoms with E-state index in [0.29, 0.717) is 11.3 Å². The van der Waals surface area contributed by atoms with Crippen molar-refractivity contribution < 1.29 is 4.39 Å². The Morgan fingerprint density at radius 3 is 3.00 bits per heavy atom. The fraction of sp³-hybridized carbons (Fsp3) is 0.429. The van der Waals surface area contributed by atoms with E-state index < -0.39 is 0 Å². The molecule has 2 heterocycles. The lowest BCUT2D eigenvalue weighted by molar-refractivity contribution is 0.590. The average molecular weight is 356 g/mol. The minimum atomic E-state index is -0.178. The van der Waals surface area contributed by atoms with E-state index in [1.807, 2.05) is 12.1 Å². The summed E-state index contributed by atoms with van der Waals surface area (Å²) in [6.45, 7) is 0.980. The number of aromatic nitrogens is 3. The second-order valence-electron chi connectivity index (χ2n) is 4.89. The molecule has 0 unspecified atom stereocenters. The number of thioether (sulfide) groups is 1. The summed E-state index contributed by atoms with van der Waals surface area (Å²) in [5.41, 5.74) is 0.698. The summed E-state index contributed by atoms with van der Waals surface area (Å²) in [5, 5.41) is 9.41. The molecule has 0 fully saturated rings.